The average molecular weight is 504 g/mol. The lowest BCUT2D eigenvalue weighted by molar-refractivity contribution is -0.141. The highest BCUT2D eigenvalue weighted by molar-refractivity contribution is 6.42. The van der Waals surface area contributed by atoms with Crippen molar-refractivity contribution in [2.24, 2.45) is 0 Å². The van der Waals surface area contributed by atoms with E-state index >= 15 is 0 Å². The van der Waals surface area contributed by atoms with Gasteiger partial charge in [-0.1, -0.05) is 72.4 Å². The Balaban J connectivity index is 2.38. The monoisotopic (exact) mass is 502 g/mol. The lowest BCUT2D eigenvalue weighted by Crippen LogP contribution is -2.51. The second kappa shape index (κ2) is 12.0. The van der Waals surface area contributed by atoms with Crippen LogP contribution in [-0.4, -0.2) is 28.8 Å². The minimum Gasteiger partial charge on any atom is -0.352 e. The molecule has 168 valence electrons. The molecule has 0 spiro atoms. The highest BCUT2D eigenvalue weighted by Gasteiger charge is 2.30. The minimum atomic E-state index is -0.655. The first-order valence-electron chi connectivity index (χ1n) is 10.1. The molecule has 0 heterocycles. The Morgan fingerprint density at radius 2 is 1.58 bits per heavy atom. The van der Waals surface area contributed by atoms with E-state index in [4.69, 9.17) is 46.4 Å². The van der Waals surface area contributed by atoms with Crippen LogP contribution in [0.2, 0.25) is 20.1 Å². The van der Waals surface area contributed by atoms with Gasteiger partial charge in [-0.25, -0.2) is 0 Å². The van der Waals surface area contributed by atoms with E-state index < -0.39 is 6.04 Å². The molecule has 0 saturated heterocycles. The summed E-state index contributed by atoms with van der Waals surface area (Å²) in [6.45, 7) is 5.99. The standard InChI is InChI=1S/C23H26Cl4N2O2/c1-4-14(3)28-23(31)21(5-2)29(13-15-9-10-19(26)20(27)11-15)22(30)12-16-17(24)7-6-8-18(16)25/h6-11,14,21H,4-5,12-13H2,1-3H3,(H,28,31)/t14-,21-/m0/s1. The molecule has 0 aliphatic carbocycles. The molecule has 4 nitrogen and oxygen atoms in total. The molecule has 0 fully saturated rings. The van der Waals surface area contributed by atoms with Gasteiger partial charge in [0.05, 0.1) is 16.5 Å². The number of carbonyl (C=O) groups excluding carboxylic acids is 2. The Kier molecular flexibility index (Phi) is 9.95. The fraction of sp³-hybridized carbons (Fsp3) is 0.391. The van der Waals surface area contributed by atoms with Crippen molar-refractivity contribution >= 4 is 58.2 Å². The molecule has 31 heavy (non-hydrogen) atoms. The van der Waals surface area contributed by atoms with Gasteiger partial charge >= 0.3 is 0 Å². The Morgan fingerprint density at radius 3 is 2.13 bits per heavy atom. The van der Waals surface area contributed by atoms with Crippen molar-refractivity contribution < 1.29 is 9.59 Å². The van der Waals surface area contributed by atoms with Crippen LogP contribution in [0.5, 0.6) is 0 Å². The second-order valence-electron chi connectivity index (χ2n) is 7.39. The lowest BCUT2D eigenvalue weighted by Gasteiger charge is -2.32. The molecule has 2 atom stereocenters. The van der Waals surface area contributed by atoms with Crippen molar-refractivity contribution in [3.63, 3.8) is 0 Å². The summed E-state index contributed by atoms with van der Waals surface area (Å²) >= 11 is 24.7. The van der Waals surface area contributed by atoms with Crippen LogP contribution in [0.3, 0.4) is 0 Å². The summed E-state index contributed by atoms with van der Waals surface area (Å²) in [4.78, 5) is 27.9. The Morgan fingerprint density at radius 1 is 0.935 bits per heavy atom. The van der Waals surface area contributed by atoms with E-state index in [1.54, 1.807) is 41.3 Å². The lowest BCUT2D eigenvalue weighted by atomic mass is 10.1. The van der Waals surface area contributed by atoms with Gasteiger partial charge in [0.25, 0.3) is 0 Å². The molecule has 2 amide bonds. The maximum Gasteiger partial charge on any atom is 0.243 e. The first kappa shape index (κ1) is 25.8. The number of hydrogen-bond acceptors (Lipinski definition) is 2. The highest BCUT2D eigenvalue weighted by Crippen LogP contribution is 2.27. The van der Waals surface area contributed by atoms with Crippen LogP contribution in [0.1, 0.15) is 44.7 Å². The van der Waals surface area contributed by atoms with E-state index in [9.17, 15) is 9.59 Å². The largest absolute Gasteiger partial charge is 0.352 e. The molecule has 2 aromatic carbocycles. The summed E-state index contributed by atoms with van der Waals surface area (Å²) in [6, 6.07) is 9.60. The molecule has 0 bridgehead atoms. The van der Waals surface area contributed by atoms with Crippen LogP contribution in [0.4, 0.5) is 0 Å². The van der Waals surface area contributed by atoms with E-state index in [1.807, 2.05) is 20.8 Å². The topological polar surface area (TPSA) is 49.4 Å². The Hall–Kier alpha value is -1.46. The third kappa shape index (κ3) is 7.01. The third-order valence-corrected chi connectivity index (χ3v) is 6.56. The zero-order valence-electron chi connectivity index (χ0n) is 17.7. The number of rotatable bonds is 9. The number of halogens is 4. The van der Waals surface area contributed by atoms with Gasteiger partial charge in [-0.3, -0.25) is 9.59 Å². The summed E-state index contributed by atoms with van der Waals surface area (Å²) in [5.41, 5.74) is 1.30. The molecule has 2 aromatic rings. The van der Waals surface area contributed by atoms with Gasteiger partial charge in [-0.15, -0.1) is 0 Å². The molecule has 0 radical (unpaired) electrons. The van der Waals surface area contributed by atoms with Crippen LogP contribution in [0.15, 0.2) is 36.4 Å². The van der Waals surface area contributed by atoms with Crippen molar-refractivity contribution in [1.29, 1.82) is 0 Å². The van der Waals surface area contributed by atoms with Crippen LogP contribution >= 0.6 is 46.4 Å². The van der Waals surface area contributed by atoms with Crippen LogP contribution in [0, 0.1) is 0 Å². The number of amides is 2. The Bertz CT molecular complexity index is 916. The van der Waals surface area contributed by atoms with Gasteiger partial charge in [0.15, 0.2) is 0 Å². The summed E-state index contributed by atoms with van der Waals surface area (Å²) in [6.07, 6.45) is 1.22. The van der Waals surface area contributed by atoms with Crippen molar-refractivity contribution in [1.82, 2.24) is 10.2 Å². The summed E-state index contributed by atoms with van der Waals surface area (Å²) in [5, 5.41) is 4.61. The smallest absolute Gasteiger partial charge is 0.243 e. The maximum absolute atomic E-state index is 13.4. The quantitative estimate of drug-likeness (QED) is 0.421. The van der Waals surface area contributed by atoms with E-state index in [2.05, 4.69) is 5.32 Å². The van der Waals surface area contributed by atoms with Gasteiger partial charge in [-0.05, 0) is 55.2 Å². The summed E-state index contributed by atoms with van der Waals surface area (Å²) < 4.78 is 0. The number of benzene rings is 2. The normalized spacial score (nSPS) is 12.9. The first-order chi connectivity index (χ1) is 14.7. The zero-order chi connectivity index (χ0) is 23.1. The molecule has 0 aromatic heterocycles. The van der Waals surface area contributed by atoms with E-state index in [0.29, 0.717) is 32.1 Å². The molecule has 0 saturated carbocycles. The number of nitrogens with zero attached hydrogens (tertiary/aromatic N) is 1. The average Bonchev–Trinajstić information content (AvgIpc) is 2.73. The second-order valence-corrected chi connectivity index (χ2v) is 9.02. The fourth-order valence-corrected chi connectivity index (χ4v) is 4.00. The maximum atomic E-state index is 13.4. The first-order valence-corrected chi connectivity index (χ1v) is 11.7. The van der Waals surface area contributed by atoms with E-state index in [1.165, 1.54) is 0 Å². The molecule has 8 heteroatoms. The molecular weight excluding hydrogens is 478 g/mol. The third-order valence-electron chi connectivity index (χ3n) is 5.11. The van der Waals surface area contributed by atoms with Gasteiger partial charge in [0.1, 0.15) is 6.04 Å². The predicted octanol–water partition coefficient (Wildman–Crippen LogP) is 6.56. The summed E-state index contributed by atoms with van der Waals surface area (Å²) in [5.74, 6) is -0.456. The molecule has 0 aliphatic heterocycles. The summed E-state index contributed by atoms with van der Waals surface area (Å²) in [7, 11) is 0. The fourth-order valence-electron chi connectivity index (χ4n) is 3.15. The van der Waals surface area contributed by atoms with Gasteiger partial charge in [-0.2, -0.15) is 0 Å². The van der Waals surface area contributed by atoms with Crippen LogP contribution < -0.4 is 5.32 Å². The van der Waals surface area contributed by atoms with Crippen LogP contribution in [0.25, 0.3) is 0 Å². The zero-order valence-corrected chi connectivity index (χ0v) is 20.7. The van der Waals surface area contributed by atoms with E-state index in [0.717, 1.165) is 12.0 Å². The molecule has 1 N–H and O–H groups in total. The molecule has 2 rings (SSSR count). The molecular formula is C23H26Cl4N2O2. The molecule has 0 unspecified atom stereocenters. The van der Waals surface area contributed by atoms with Gasteiger partial charge in [0.2, 0.25) is 11.8 Å². The van der Waals surface area contributed by atoms with Crippen LogP contribution in [-0.2, 0) is 22.6 Å². The Labute approximate surface area is 203 Å². The number of carbonyl (C=O) groups is 2. The number of hydrogen-bond donors (Lipinski definition) is 1. The SMILES string of the molecule is CC[C@H](C)NC(=O)[C@H](CC)N(Cc1ccc(Cl)c(Cl)c1)C(=O)Cc1c(Cl)cccc1Cl. The van der Waals surface area contributed by atoms with Crippen molar-refractivity contribution in [3.8, 4) is 0 Å². The highest BCUT2D eigenvalue weighted by atomic mass is 35.5. The van der Waals surface area contributed by atoms with Crippen molar-refractivity contribution in [2.75, 3.05) is 0 Å². The number of nitrogens with one attached hydrogen (secondary N) is 1. The minimum absolute atomic E-state index is 0.00138. The van der Waals surface area contributed by atoms with Crippen molar-refractivity contribution in [2.45, 2.75) is 58.7 Å². The molecule has 0 aliphatic rings. The van der Waals surface area contributed by atoms with Gasteiger partial charge < -0.3 is 10.2 Å². The van der Waals surface area contributed by atoms with Crippen molar-refractivity contribution in [3.05, 3.63) is 67.6 Å². The van der Waals surface area contributed by atoms with Gasteiger partial charge in [0, 0.05) is 22.6 Å². The predicted molar refractivity (Wildman–Crippen MR) is 129 cm³/mol. The van der Waals surface area contributed by atoms with E-state index in [-0.39, 0.29) is 30.8 Å².